The molecule has 2 N–H and O–H groups in total. The minimum absolute atomic E-state index is 0.00942. The average Bonchev–Trinajstić information content (AvgIpc) is 2.54. The molecule has 0 spiro atoms. The number of rotatable bonds is 6. The molecular formula is C19H29N3O3. The average molecular weight is 347 g/mol. The number of nitrogens with zero attached hydrogens (tertiary/aromatic N) is 2. The molecule has 1 aromatic carbocycles. The van der Waals surface area contributed by atoms with Gasteiger partial charge in [0.15, 0.2) is 5.78 Å². The third-order valence-corrected chi connectivity index (χ3v) is 4.50. The van der Waals surface area contributed by atoms with Gasteiger partial charge in [-0.2, -0.15) is 0 Å². The first-order valence-electron chi connectivity index (χ1n) is 8.76. The topological polar surface area (TPSA) is 72.9 Å². The molecule has 1 unspecified atom stereocenters. The number of β-amino-alcohol motifs (C(OH)–C–C–N with tert-alkyl or cyclic N) is 1. The first-order valence-corrected chi connectivity index (χ1v) is 8.76. The van der Waals surface area contributed by atoms with E-state index in [-0.39, 0.29) is 17.7 Å². The van der Waals surface area contributed by atoms with Crippen LogP contribution in [0.1, 0.15) is 38.1 Å². The van der Waals surface area contributed by atoms with Gasteiger partial charge in [-0.25, -0.2) is 0 Å². The predicted octanol–water partition coefficient (Wildman–Crippen LogP) is 1.60. The third-order valence-electron chi connectivity index (χ3n) is 4.50. The van der Waals surface area contributed by atoms with Crippen molar-refractivity contribution in [2.75, 3.05) is 38.0 Å². The maximum Gasteiger partial charge on any atom is 0.241 e. The molecule has 1 saturated heterocycles. The van der Waals surface area contributed by atoms with E-state index in [9.17, 15) is 14.7 Å². The number of hydrogen-bond acceptors (Lipinski definition) is 5. The number of anilines is 1. The van der Waals surface area contributed by atoms with Gasteiger partial charge in [0.1, 0.15) is 0 Å². The number of amides is 1. The van der Waals surface area contributed by atoms with E-state index in [4.69, 9.17) is 0 Å². The number of carbonyl (C=O) groups excluding carboxylic acids is 2. The van der Waals surface area contributed by atoms with Gasteiger partial charge in [-0.1, -0.05) is 0 Å². The molecule has 138 valence electrons. The Morgan fingerprint density at radius 3 is 2.20 bits per heavy atom. The Labute approximate surface area is 149 Å². The summed E-state index contributed by atoms with van der Waals surface area (Å²) in [6.45, 7) is 11.0. The summed E-state index contributed by atoms with van der Waals surface area (Å²) in [4.78, 5) is 28.1. The first kappa shape index (κ1) is 19.6. The van der Waals surface area contributed by atoms with Gasteiger partial charge >= 0.3 is 0 Å². The zero-order valence-corrected chi connectivity index (χ0v) is 15.6. The highest BCUT2D eigenvalue weighted by molar-refractivity contribution is 5.96. The second kappa shape index (κ2) is 8.08. The lowest BCUT2D eigenvalue weighted by atomic mass is 10.1. The molecule has 1 amide bonds. The van der Waals surface area contributed by atoms with Gasteiger partial charge < -0.3 is 10.4 Å². The monoisotopic (exact) mass is 347 g/mol. The fourth-order valence-electron chi connectivity index (χ4n) is 3.06. The lowest BCUT2D eigenvalue weighted by molar-refractivity contribution is -0.121. The van der Waals surface area contributed by atoms with Crippen molar-refractivity contribution in [3.8, 4) is 0 Å². The summed E-state index contributed by atoms with van der Waals surface area (Å²) in [6.07, 6.45) is 0. The Morgan fingerprint density at radius 2 is 1.72 bits per heavy atom. The second-order valence-corrected chi connectivity index (χ2v) is 7.42. The quantitative estimate of drug-likeness (QED) is 0.765. The minimum atomic E-state index is -0.697. The smallest absolute Gasteiger partial charge is 0.241 e. The van der Waals surface area contributed by atoms with Crippen LogP contribution in [0.4, 0.5) is 5.69 Å². The first-order chi connectivity index (χ1) is 11.7. The summed E-state index contributed by atoms with van der Waals surface area (Å²) in [7, 11) is 0. The molecule has 1 aliphatic rings. The summed E-state index contributed by atoms with van der Waals surface area (Å²) in [5.41, 5.74) is 0.633. The maximum absolute atomic E-state index is 12.5. The van der Waals surface area contributed by atoms with Crippen LogP contribution in [0, 0.1) is 0 Å². The van der Waals surface area contributed by atoms with Gasteiger partial charge in [0.05, 0.1) is 11.6 Å². The van der Waals surface area contributed by atoms with Crippen LogP contribution in [-0.2, 0) is 4.79 Å². The van der Waals surface area contributed by atoms with Crippen LogP contribution in [0.5, 0.6) is 0 Å². The van der Waals surface area contributed by atoms with Crippen LogP contribution in [0.15, 0.2) is 24.3 Å². The second-order valence-electron chi connectivity index (χ2n) is 7.42. The Kier molecular flexibility index (Phi) is 6.32. The molecule has 0 saturated carbocycles. The molecule has 25 heavy (non-hydrogen) atoms. The predicted molar refractivity (Wildman–Crippen MR) is 98.8 cm³/mol. The highest BCUT2D eigenvalue weighted by Crippen LogP contribution is 2.14. The van der Waals surface area contributed by atoms with E-state index in [1.54, 1.807) is 24.3 Å². The van der Waals surface area contributed by atoms with Gasteiger partial charge in [-0.3, -0.25) is 19.4 Å². The number of nitrogens with one attached hydrogen (secondary N) is 1. The number of benzene rings is 1. The Morgan fingerprint density at radius 1 is 1.16 bits per heavy atom. The van der Waals surface area contributed by atoms with Gasteiger partial charge in [0, 0.05) is 44.0 Å². The Bertz CT molecular complexity index is 599. The van der Waals surface area contributed by atoms with Crippen molar-refractivity contribution in [1.29, 1.82) is 0 Å². The number of hydrogen-bond donors (Lipinski definition) is 2. The van der Waals surface area contributed by atoms with Crippen molar-refractivity contribution in [3.05, 3.63) is 29.8 Å². The molecule has 6 nitrogen and oxygen atoms in total. The van der Waals surface area contributed by atoms with E-state index in [0.717, 1.165) is 26.2 Å². The molecular weight excluding hydrogens is 318 g/mol. The number of Topliss-reactive ketones (excluding diaryl/α,β-unsaturated/α-hetero) is 1. The fourth-order valence-corrected chi connectivity index (χ4v) is 3.06. The number of carbonyl (C=O) groups is 2. The van der Waals surface area contributed by atoms with Crippen LogP contribution < -0.4 is 5.32 Å². The maximum atomic E-state index is 12.5. The van der Waals surface area contributed by atoms with Crippen molar-refractivity contribution in [1.82, 2.24) is 9.80 Å². The fraction of sp³-hybridized carbons (Fsp3) is 0.579. The Balaban J connectivity index is 1.85. The van der Waals surface area contributed by atoms with Crippen LogP contribution >= 0.6 is 0 Å². The molecule has 1 aliphatic heterocycles. The third kappa shape index (κ3) is 5.92. The molecule has 1 aromatic rings. The van der Waals surface area contributed by atoms with Crippen molar-refractivity contribution in [3.63, 3.8) is 0 Å². The summed E-state index contributed by atoms with van der Waals surface area (Å²) in [5, 5.41) is 12.8. The van der Waals surface area contributed by atoms with Crippen molar-refractivity contribution >= 4 is 17.4 Å². The van der Waals surface area contributed by atoms with E-state index in [1.165, 1.54) is 6.92 Å². The van der Waals surface area contributed by atoms with E-state index < -0.39 is 5.60 Å². The molecule has 0 aliphatic carbocycles. The number of ketones is 1. The lowest BCUT2D eigenvalue weighted by Crippen LogP contribution is -2.54. The Hall–Kier alpha value is -1.76. The van der Waals surface area contributed by atoms with Crippen LogP contribution in [0.3, 0.4) is 0 Å². The molecule has 0 aromatic heterocycles. The normalized spacial score (nSPS) is 18.0. The molecule has 2 rings (SSSR count). The summed E-state index contributed by atoms with van der Waals surface area (Å²) in [6, 6.07) is 6.72. The van der Waals surface area contributed by atoms with Crippen molar-refractivity contribution in [2.45, 2.75) is 39.3 Å². The van der Waals surface area contributed by atoms with Crippen LogP contribution in [-0.4, -0.2) is 71.0 Å². The van der Waals surface area contributed by atoms with Crippen LogP contribution in [0.2, 0.25) is 0 Å². The standard InChI is InChI=1S/C19H29N3O3/c1-14(22-11-9-21(10-12-22)13-19(3,4)25)18(24)20-17-7-5-16(6-8-17)15(2)23/h5-8,14,25H,9-13H2,1-4H3,(H,20,24). The van der Waals surface area contributed by atoms with Crippen molar-refractivity contribution < 1.29 is 14.7 Å². The largest absolute Gasteiger partial charge is 0.389 e. The molecule has 6 heteroatoms. The zero-order chi connectivity index (χ0) is 18.6. The number of piperazine rings is 1. The lowest BCUT2D eigenvalue weighted by Gasteiger charge is -2.39. The van der Waals surface area contributed by atoms with Crippen molar-refractivity contribution in [2.24, 2.45) is 0 Å². The van der Waals surface area contributed by atoms with E-state index in [0.29, 0.717) is 17.8 Å². The zero-order valence-electron chi connectivity index (χ0n) is 15.6. The van der Waals surface area contributed by atoms with Gasteiger partial charge in [-0.15, -0.1) is 0 Å². The molecule has 0 radical (unpaired) electrons. The van der Waals surface area contributed by atoms with Gasteiger partial charge in [-0.05, 0) is 52.0 Å². The summed E-state index contributed by atoms with van der Waals surface area (Å²) < 4.78 is 0. The number of aliphatic hydroxyl groups is 1. The van der Waals surface area contributed by atoms with Gasteiger partial charge in [0.25, 0.3) is 0 Å². The SMILES string of the molecule is CC(=O)c1ccc(NC(=O)C(C)N2CCN(CC(C)(C)O)CC2)cc1. The highest BCUT2D eigenvalue weighted by Gasteiger charge is 2.27. The van der Waals surface area contributed by atoms with E-state index in [1.807, 2.05) is 20.8 Å². The highest BCUT2D eigenvalue weighted by atomic mass is 16.3. The van der Waals surface area contributed by atoms with E-state index >= 15 is 0 Å². The van der Waals surface area contributed by atoms with Gasteiger partial charge in [0.2, 0.25) is 5.91 Å². The summed E-state index contributed by atoms with van der Waals surface area (Å²) >= 11 is 0. The minimum Gasteiger partial charge on any atom is -0.389 e. The molecule has 1 heterocycles. The van der Waals surface area contributed by atoms with Crippen LogP contribution in [0.25, 0.3) is 0 Å². The molecule has 0 bridgehead atoms. The molecule has 1 atom stereocenters. The van der Waals surface area contributed by atoms with E-state index in [2.05, 4.69) is 15.1 Å². The molecule has 1 fully saturated rings. The summed E-state index contributed by atoms with van der Waals surface area (Å²) in [5.74, 6) is -0.0401.